The minimum absolute atomic E-state index is 0.181. The van der Waals surface area contributed by atoms with Gasteiger partial charge in [-0.05, 0) is 35.1 Å². The van der Waals surface area contributed by atoms with Crippen LogP contribution in [0.4, 0.5) is 0 Å². The number of aryl methyl sites for hydroxylation is 2. The van der Waals surface area contributed by atoms with Gasteiger partial charge in [-0.3, -0.25) is 4.68 Å². The Balaban J connectivity index is 1.99. The maximum absolute atomic E-state index is 4.19. The van der Waals surface area contributed by atoms with E-state index in [1.165, 1.54) is 11.1 Å². The van der Waals surface area contributed by atoms with Gasteiger partial charge in [-0.1, -0.05) is 39.0 Å². The van der Waals surface area contributed by atoms with E-state index in [-0.39, 0.29) is 5.41 Å². The molecule has 0 N–H and O–H groups in total. The smallest absolute Gasteiger partial charge is 0.0489 e. The molecule has 1 aromatic heterocycles. The van der Waals surface area contributed by atoms with E-state index in [2.05, 4.69) is 50.1 Å². The minimum atomic E-state index is 0.181. The normalized spacial score (nSPS) is 11.7. The van der Waals surface area contributed by atoms with Crippen molar-refractivity contribution in [2.75, 3.05) is 0 Å². The molecule has 2 rings (SSSR count). The zero-order valence-corrected chi connectivity index (χ0v) is 10.8. The molecule has 89 valence electrons. The molecule has 0 atom stereocenters. The molecule has 0 saturated heterocycles. The van der Waals surface area contributed by atoms with Gasteiger partial charge in [0.1, 0.15) is 0 Å². The molecule has 1 heterocycles. The third-order valence-corrected chi connectivity index (χ3v) is 2.87. The van der Waals surface area contributed by atoms with Gasteiger partial charge in [-0.2, -0.15) is 5.10 Å². The van der Waals surface area contributed by atoms with Gasteiger partial charge in [-0.25, -0.2) is 0 Å². The molecule has 1 aromatic carbocycles. The van der Waals surface area contributed by atoms with Crippen molar-refractivity contribution in [3.05, 3.63) is 53.9 Å². The van der Waals surface area contributed by atoms with E-state index in [0.717, 1.165) is 13.0 Å². The molecule has 0 aliphatic carbocycles. The van der Waals surface area contributed by atoms with Crippen molar-refractivity contribution in [3.8, 4) is 0 Å². The Kier molecular flexibility index (Phi) is 3.32. The Labute approximate surface area is 103 Å². The van der Waals surface area contributed by atoms with Crippen LogP contribution in [-0.2, 0) is 18.4 Å². The fourth-order valence-corrected chi connectivity index (χ4v) is 1.76. The molecule has 1 radical (unpaired) electrons. The molecule has 0 fully saturated rings. The maximum Gasteiger partial charge on any atom is 0.0489 e. The monoisotopic (exact) mass is 227 g/mol. The first-order valence-electron chi connectivity index (χ1n) is 6.04. The van der Waals surface area contributed by atoms with Gasteiger partial charge in [0, 0.05) is 18.9 Å². The summed E-state index contributed by atoms with van der Waals surface area (Å²) in [7, 11) is 0. The number of aromatic nitrogens is 2. The summed E-state index contributed by atoms with van der Waals surface area (Å²) >= 11 is 0. The molecule has 0 saturated carbocycles. The van der Waals surface area contributed by atoms with Gasteiger partial charge in [0.2, 0.25) is 0 Å². The van der Waals surface area contributed by atoms with Gasteiger partial charge in [-0.15, -0.1) is 0 Å². The van der Waals surface area contributed by atoms with Crippen molar-refractivity contribution in [2.24, 2.45) is 0 Å². The van der Waals surface area contributed by atoms with Crippen molar-refractivity contribution in [1.82, 2.24) is 9.78 Å². The molecule has 0 aliphatic rings. The van der Waals surface area contributed by atoms with Crippen LogP contribution in [0, 0.1) is 6.07 Å². The minimum Gasteiger partial charge on any atom is -0.272 e. The van der Waals surface area contributed by atoms with Crippen molar-refractivity contribution in [3.63, 3.8) is 0 Å². The van der Waals surface area contributed by atoms with Crippen LogP contribution in [0.25, 0.3) is 0 Å². The second kappa shape index (κ2) is 4.74. The van der Waals surface area contributed by atoms with Crippen LogP contribution in [0.2, 0.25) is 0 Å². The standard InChI is InChI=1S/C15H19N2/c1-15(2,3)14-7-5-13(6-8-14)9-12-17-11-4-10-16-17/h4-7,10-11H,9,12H2,1-3H3. The lowest BCUT2D eigenvalue weighted by molar-refractivity contribution is 0.587. The zero-order valence-electron chi connectivity index (χ0n) is 10.8. The summed E-state index contributed by atoms with van der Waals surface area (Å²) in [5.41, 5.74) is 2.76. The molecule has 0 spiro atoms. The fraction of sp³-hybridized carbons (Fsp3) is 0.400. The SMILES string of the molecule is CC(C)(C)c1[c]cc(CCn2cccn2)cc1. The molecule has 0 bridgehead atoms. The number of hydrogen-bond acceptors (Lipinski definition) is 1. The summed E-state index contributed by atoms with van der Waals surface area (Å²) in [6, 6.07) is 11.8. The van der Waals surface area contributed by atoms with Crippen molar-refractivity contribution in [2.45, 2.75) is 39.2 Å². The Morgan fingerprint density at radius 1 is 1.29 bits per heavy atom. The van der Waals surface area contributed by atoms with Crippen LogP contribution in [0.1, 0.15) is 31.9 Å². The van der Waals surface area contributed by atoms with Crippen molar-refractivity contribution >= 4 is 0 Å². The molecule has 0 amide bonds. The van der Waals surface area contributed by atoms with Gasteiger partial charge in [0.15, 0.2) is 0 Å². The quantitative estimate of drug-likeness (QED) is 0.787. The second-order valence-electron chi connectivity index (χ2n) is 5.38. The van der Waals surface area contributed by atoms with E-state index in [0.29, 0.717) is 0 Å². The molecular formula is C15H19N2. The van der Waals surface area contributed by atoms with Crippen LogP contribution >= 0.6 is 0 Å². The molecule has 2 heteroatoms. The fourth-order valence-electron chi connectivity index (χ4n) is 1.76. The first kappa shape index (κ1) is 11.9. The Morgan fingerprint density at radius 2 is 2.12 bits per heavy atom. The van der Waals surface area contributed by atoms with E-state index < -0.39 is 0 Å². The van der Waals surface area contributed by atoms with Crippen molar-refractivity contribution < 1.29 is 0 Å². The predicted octanol–water partition coefficient (Wildman–Crippen LogP) is 3.22. The van der Waals surface area contributed by atoms with E-state index in [1.54, 1.807) is 0 Å². The van der Waals surface area contributed by atoms with Crippen molar-refractivity contribution in [1.29, 1.82) is 0 Å². The second-order valence-corrected chi connectivity index (χ2v) is 5.38. The van der Waals surface area contributed by atoms with Crippen LogP contribution in [0.3, 0.4) is 0 Å². The third-order valence-electron chi connectivity index (χ3n) is 2.87. The largest absolute Gasteiger partial charge is 0.272 e. The maximum atomic E-state index is 4.19. The Morgan fingerprint density at radius 3 is 2.65 bits per heavy atom. The Hall–Kier alpha value is -1.57. The third kappa shape index (κ3) is 3.19. The highest BCUT2D eigenvalue weighted by atomic mass is 15.3. The molecule has 2 nitrogen and oxygen atoms in total. The molecule has 17 heavy (non-hydrogen) atoms. The Bertz CT molecular complexity index is 447. The van der Waals surface area contributed by atoms with E-state index in [4.69, 9.17) is 0 Å². The summed E-state index contributed by atoms with van der Waals surface area (Å²) in [6.45, 7) is 7.56. The van der Waals surface area contributed by atoms with E-state index in [9.17, 15) is 0 Å². The highest BCUT2D eigenvalue weighted by Crippen LogP contribution is 2.21. The van der Waals surface area contributed by atoms with Crippen LogP contribution < -0.4 is 0 Å². The van der Waals surface area contributed by atoms with Gasteiger partial charge in [0.05, 0.1) is 0 Å². The topological polar surface area (TPSA) is 17.8 Å². The van der Waals surface area contributed by atoms with Gasteiger partial charge in [0.25, 0.3) is 0 Å². The lowest BCUT2D eigenvalue weighted by Crippen LogP contribution is -2.11. The van der Waals surface area contributed by atoms with Gasteiger partial charge >= 0.3 is 0 Å². The first-order chi connectivity index (χ1) is 8.05. The predicted molar refractivity (Wildman–Crippen MR) is 69.9 cm³/mol. The highest BCUT2D eigenvalue weighted by Gasteiger charge is 2.12. The average molecular weight is 227 g/mol. The summed E-state index contributed by atoms with van der Waals surface area (Å²) in [4.78, 5) is 0. The van der Waals surface area contributed by atoms with Crippen LogP contribution in [0.15, 0.2) is 36.7 Å². The van der Waals surface area contributed by atoms with Crippen LogP contribution in [-0.4, -0.2) is 9.78 Å². The molecule has 0 unspecified atom stereocenters. The summed E-state index contributed by atoms with van der Waals surface area (Å²) < 4.78 is 1.96. The van der Waals surface area contributed by atoms with E-state index >= 15 is 0 Å². The highest BCUT2D eigenvalue weighted by molar-refractivity contribution is 5.26. The first-order valence-corrected chi connectivity index (χ1v) is 6.04. The molecular weight excluding hydrogens is 208 g/mol. The number of nitrogens with zero attached hydrogens (tertiary/aromatic N) is 2. The van der Waals surface area contributed by atoms with Crippen LogP contribution in [0.5, 0.6) is 0 Å². The summed E-state index contributed by atoms with van der Waals surface area (Å²) in [5, 5.41) is 4.19. The lowest BCUT2D eigenvalue weighted by Gasteiger charge is -2.18. The zero-order chi connectivity index (χ0) is 12.3. The average Bonchev–Trinajstić information content (AvgIpc) is 2.78. The lowest BCUT2D eigenvalue weighted by atomic mass is 9.86. The number of rotatable bonds is 3. The van der Waals surface area contributed by atoms with E-state index in [1.807, 2.05) is 23.1 Å². The summed E-state index contributed by atoms with van der Waals surface area (Å²) in [5.74, 6) is 0. The number of benzene rings is 1. The molecule has 2 aromatic rings. The van der Waals surface area contributed by atoms with Gasteiger partial charge < -0.3 is 0 Å². The summed E-state index contributed by atoms with van der Waals surface area (Å²) in [6.07, 6.45) is 4.81. The molecule has 0 aliphatic heterocycles. The number of hydrogen-bond donors (Lipinski definition) is 0.